The van der Waals surface area contributed by atoms with E-state index in [0.29, 0.717) is 17.6 Å². The van der Waals surface area contributed by atoms with Crippen LogP contribution in [0.25, 0.3) is 0 Å². The number of rotatable bonds is 10. The Morgan fingerprint density at radius 3 is 2.81 bits per heavy atom. The van der Waals surface area contributed by atoms with Crippen LogP contribution in [0.2, 0.25) is 0 Å². The number of aromatic nitrogens is 1. The molecule has 2 N–H and O–H groups in total. The van der Waals surface area contributed by atoms with Crippen LogP contribution in [0.5, 0.6) is 5.75 Å². The van der Waals surface area contributed by atoms with E-state index < -0.39 is 5.97 Å². The Labute approximate surface area is 197 Å². The normalized spacial score (nSPS) is 18.2. The molecule has 1 saturated carbocycles. The quantitative estimate of drug-likeness (QED) is 0.447. The first-order valence-electron chi connectivity index (χ1n) is 11.0. The van der Waals surface area contributed by atoms with Gasteiger partial charge in [-0.2, -0.15) is 0 Å². The molecular formula is C23H31N3O4S2. The van der Waals surface area contributed by atoms with Gasteiger partial charge in [-0.05, 0) is 62.1 Å². The molecule has 0 unspecified atom stereocenters. The van der Waals surface area contributed by atoms with E-state index in [2.05, 4.69) is 23.3 Å². The first-order valence-corrected chi connectivity index (χ1v) is 12.8. The van der Waals surface area contributed by atoms with Crippen LogP contribution in [0.15, 0.2) is 34.7 Å². The molecule has 2 amide bonds. The molecule has 0 atom stereocenters. The second-order valence-corrected chi connectivity index (χ2v) is 10.5. The number of carboxylic acids is 1. The van der Waals surface area contributed by atoms with Gasteiger partial charge in [0.25, 0.3) is 0 Å². The molecule has 1 aromatic carbocycles. The van der Waals surface area contributed by atoms with Gasteiger partial charge < -0.3 is 14.7 Å². The van der Waals surface area contributed by atoms with Crippen molar-refractivity contribution in [3.8, 4) is 5.75 Å². The van der Waals surface area contributed by atoms with E-state index in [0.717, 1.165) is 48.5 Å². The number of nitrogens with one attached hydrogen (secondary N) is 1. The molecule has 0 radical (unpaired) electrons. The monoisotopic (exact) mass is 477 g/mol. The third-order valence-corrected chi connectivity index (χ3v) is 7.81. The molecule has 1 aliphatic carbocycles. The first kappa shape index (κ1) is 24.4. The zero-order valence-corrected chi connectivity index (χ0v) is 20.2. The Hall–Kier alpha value is -2.26. The molecule has 2 aromatic rings. The minimum absolute atomic E-state index is 0.0216. The number of aryl methyl sites for hydroxylation is 1. The molecule has 0 bridgehead atoms. The lowest BCUT2D eigenvalue weighted by Crippen LogP contribution is -2.45. The number of aliphatic carboxylic acids is 1. The number of thiazole rings is 1. The molecule has 32 heavy (non-hydrogen) atoms. The Bertz CT molecular complexity index is 897. The van der Waals surface area contributed by atoms with Crippen LogP contribution in [0.3, 0.4) is 0 Å². The van der Waals surface area contributed by atoms with E-state index in [4.69, 9.17) is 9.84 Å². The number of urea groups is 1. The first-order chi connectivity index (χ1) is 15.4. The highest BCUT2D eigenvalue weighted by molar-refractivity contribution is 8.01. The summed E-state index contributed by atoms with van der Waals surface area (Å²) in [5, 5.41) is 12.3. The van der Waals surface area contributed by atoms with Crippen molar-refractivity contribution >= 4 is 40.2 Å². The molecule has 3 rings (SSSR count). The molecule has 174 valence electrons. The van der Waals surface area contributed by atoms with Gasteiger partial charge in [-0.25, -0.2) is 9.78 Å². The van der Waals surface area contributed by atoms with Crippen molar-refractivity contribution in [1.29, 1.82) is 0 Å². The van der Waals surface area contributed by atoms with Gasteiger partial charge in [0.05, 0.1) is 23.3 Å². The average molecular weight is 478 g/mol. The Kier molecular flexibility index (Phi) is 9.23. The lowest BCUT2D eigenvalue weighted by Gasteiger charge is -2.36. The van der Waals surface area contributed by atoms with E-state index in [1.807, 2.05) is 23.1 Å². The molecular weight excluding hydrogens is 446 g/mol. The standard InChI is InChI=1S/C23H31N3O4S2/c1-16-8-10-18(11-9-16)26(12-4-6-17-5-3-7-19(13-17)30-2)23(29)25-22-24-14-21(32-22)31-15-20(27)28/h3,5,7,13-14,16,18H,4,6,8-12,15H2,1-2H3,(H,27,28)(H,24,25,29)/t16-,18-. The summed E-state index contributed by atoms with van der Waals surface area (Å²) in [6.07, 6.45) is 7.66. The summed E-state index contributed by atoms with van der Waals surface area (Å²) in [6, 6.07) is 8.16. The van der Waals surface area contributed by atoms with Crippen molar-refractivity contribution in [2.45, 2.75) is 55.7 Å². The fourth-order valence-electron chi connectivity index (χ4n) is 3.97. The molecule has 1 fully saturated rings. The highest BCUT2D eigenvalue weighted by Gasteiger charge is 2.27. The van der Waals surface area contributed by atoms with Crippen molar-refractivity contribution in [1.82, 2.24) is 9.88 Å². The predicted molar refractivity (Wildman–Crippen MR) is 129 cm³/mol. The molecule has 0 saturated heterocycles. The molecule has 1 aliphatic rings. The summed E-state index contributed by atoms with van der Waals surface area (Å²) in [7, 11) is 1.67. The van der Waals surface area contributed by atoms with Gasteiger partial charge in [0.2, 0.25) is 0 Å². The highest BCUT2D eigenvalue weighted by atomic mass is 32.2. The van der Waals surface area contributed by atoms with Crippen LogP contribution in [0.4, 0.5) is 9.93 Å². The number of carboxylic acid groups (broad SMARTS) is 1. The smallest absolute Gasteiger partial charge is 0.323 e. The van der Waals surface area contributed by atoms with Crippen molar-refractivity contribution in [3.05, 3.63) is 36.0 Å². The summed E-state index contributed by atoms with van der Waals surface area (Å²) >= 11 is 2.52. The molecule has 1 heterocycles. The van der Waals surface area contributed by atoms with Crippen LogP contribution < -0.4 is 10.1 Å². The second-order valence-electron chi connectivity index (χ2n) is 8.16. The summed E-state index contributed by atoms with van der Waals surface area (Å²) in [4.78, 5) is 30.2. The van der Waals surface area contributed by atoms with Crippen LogP contribution in [0.1, 0.15) is 44.6 Å². The number of carbonyl (C=O) groups excluding carboxylic acids is 1. The fourth-order valence-corrected chi connectivity index (χ4v) is 5.55. The van der Waals surface area contributed by atoms with E-state index >= 15 is 0 Å². The summed E-state index contributed by atoms with van der Waals surface area (Å²) in [5.41, 5.74) is 1.20. The number of methoxy groups -OCH3 is 1. The number of hydrogen-bond donors (Lipinski definition) is 2. The van der Waals surface area contributed by atoms with E-state index in [1.54, 1.807) is 13.3 Å². The Morgan fingerprint density at radius 1 is 1.31 bits per heavy atom. The molecule has 9 heteroatoms. The topological polar surface area (TPSA) is 91.8 Å². The van der Waals surface area contributed by atoms with E-state index in [-0.39, 0.29) is 17.8 Å². The fraction of sp³-hybridized carbons (Fsp3) is 0.522. The van der Waals surface area contributed by atoms with E-state index in [9.17, 15) is 9.59 Å². The third-order valence-electron chi connectivity index (χ3n) is 5.72. The maximum absolute atomic E-state index is 13.2. The number of carbonyl (C=O) groups is 2. The van der Waals surface area contributed by atoms with Crippen molar-refractivity contribution in [3.63, 3.8) is 0 Å². The van der Waals surface area contributed by atoms with Crippen molar-refractivity contribution in [2.75, 3.05) is 24.7 Å². The lowest BCUT2D eigenvalue weighted by atomic mass is 9.86. The number of hydrogen-bond acceptors (Lipinski definition) is 6. The summed E-state index contributed by atoms with van der Waals surface area (Å²) < 4.78 is 6.09. The zero-order chi connectivity index (χ0) is 22.9. The van der Waals surface area contributed by atoms with Gasteiger partial charge in [0.1, 0.15) is 5.75 Å². The summed E-state index contributed by atoms with van der Waals surface area (Å²) in [5.74, 6) is 0.661. The number of amides is 2. The van der Waals surface area contributed by atoms with Crippen LogP contribution in [-0.4, -0.2) is 52.4 Å². The van der Waals surface area contributed by atoms with Crippen LogP contribution in [-0.2, 0) is 11.2 Å². The van der Waals surface area contributed by atoms with Gasteiger partial charge >= 0.3 is 12.0 Å². The zero-order valence-electron chi connectivity index (χ0n) is 18.6. The highest BCUT2D eigenvalue weighted by Crippen LogP contribution is 2.30. The van der Waals surface area contributed by atoms with E-state index in [1.165, 1.54) is 28.7 Å². The van der Waals surface area contributed by atoms with Crippen molar-refractivity contribution in [2.24, 2.45) is 5.92 Å². The molecule has 0 aliphatic heterocycles. The lowest BCUT2D eigenvalue weighted by molar-refractivity contribution is -0.133. The van der Waals surface area contributed by atoms with Crippen LogP contribution in [0, 0.1) is 5.92 Å². The molecule has 0 spiro atoms. The minimum atomic E-state index is -0.872. The van der Waals surface area contributed by atoms with Crippen LogP contribution >= 0.6 is 23.1 Å². The number of ether oxygens (including phenoxy) is 1. The minimum Gasteiger partial charge on any atom is -0.497 e. The number of nitrogens with zero attached hydrogens (tertiary/aromatic N) is 2. The summed E-state index contributed by atoms with van der Waals surface area (Å²) in [6.45, 7) is 2.95. The van der Waals surface area contributed by atoms with Gasteiger partial charge in [0, 0.05) is 12.6 Å². The number of anilines is 1. The number of benzene rings is 1. The largest absolute Gasteiger partial charge is 0.497 e. The maximum Gasteiger partial charge on any atom is 0.323 e. The average Bonchev–Trinajstić information content (AvgIpc) is 3.23. The van der Waals surface area contributed by atoms with Gasteiger partial charge in [-0.15, -0.1) is 11.8 Å². The van der Waals surface area contributed by atoms with Gasteiger partial charge in [0.15, 0.2) is 5.13 Å². The second kappa shape index (κ2) is 12.1. The van der Waals surface area contributed by atoms with Gasteiger partial charge in [-0.3, -0.25) is 10.1 Å². The third kappa shape index (κ3) is 7.41. The maximum atomic E-state index is 13.2. The molecule has 1 aromatic heterocycles. The number of thioether (sulfide) groups is 1. The Balaban J connectivity index is 1.61. The van der Waals surface area contributed by atoms with Crippen molar-refractivity contribution < 1.29 is 19.4 Å². The van der Waals surface area contributed by atoms with Gasteiger partial charge in [-0.1, -0.05) is 30.4 Å². The Morgan fingerprint density at radius 2 is 2.09 bits per heavy atom. The molecule has 7 nitrogen and oxygen atoms in total. The SMILES string of the molecule is COc1cccc(CCCN(C(=O)Nc2ncc(SCC(=O)O)s2)[C@H]2CC[C@H](C)CC2)c1. The predicted octanol–water partition coefficient (Wildman–Crippen LogP) is 5.37.